The zero-order valence-corrected chi connectivity index (χ0v) is 12.0. The van der Waals surface area contributed by atoms with Crippen LogP contribution in [-0.2, 0) is 4.79 Å². The number of benzene rings is 2. The third-order valence-corrected chi connectivity index (χ3v) is 3.70. The molecule has 1 aliphatic heterocycles. The Morgan fingerprint density at radius 2 is 2.05 bits per heavy atom. The molecule has 2 aromatic carbocycles. The van der Waals surface area contributed by atoms with Gasteiger partial charge in [-0.1, -0.05) is 24.3 Å². The molecule has 3 nitrogen and oxygen atoms in total. The lowest BCUT2D eigenvalue weighted by atomic mass is 10.0. The van der Waals surface area contributed by atoms with Gasteiger partial charge < -0.3 is 10.6 Å². The number of anilines is 2. The number of fused-ring (bicyclic) bond motifs is 1. The third kappa shape index (κ3) is 2.61. The number of aryl methyl sites for hydroxylation is 1. The van der Waals surface area contributed by atoms with E-state index in [1.807, 2.05) is 31.2 Å². The Morgan fingerprint density at radius 1 is 1.24 bits per heavy atom. The molecule has 1 amide bonds. The van der Waals surface area contributed by atoms with Crippen LogP contribution >= 0.6 is 0 Å². The number of carbonyl (C=O) groups is 1. The van der Waals surface area contributed by atoms with Crippen LogP contribution in [0.25, 0.3) is 11.1 Å². The van der Waals surface area contributed by atoms with Crippen molar-refractivity contribution in [3.8, 4) is 11.1 Å². The van der Waals surface area contributed by atoms with Crippen LogP contribution in [0.15, 0.2) is 36.4 Å². The van der Waals surface area contributed by atoms with E-state index in [0.29, 0.717) is 12.0 Å². The number of hydrogen-bond acceptors (Lipinski definition) is 2. The van der Waals surface area contributed by atoms with Crippen molar-refractivity contribution in [3.63, 3.8) is 0 Å². The summed E-state index contributed by atoms with van der Waals surface area (Å²) in [5.74, 6) is -0.239. The van der Waals surface area contributed by atoms with Crippen molar-refractivity contribution in [2.45, 2.75) is 26.3 Å². The van der Waals surface area contributed by atoms with Crippen molar-refractivity contribution < 1.29 is 9.18 Å². The highest BCUT2D eigenvalue weighted by molar-refractivity contribution is 6.00. The van der Waals surface area contributed by atoms with Crippen LogP contribution in [0.1, 0.15) is 18.9 Å². The summed E-state index contributed by atoms with van der Waals surface area (Å²) >= 11 is 0. The van der Waals surface area contributed by atoms with Gasteiger partial charge in [-0.05, 0) is 37.1 Å². The summed E-state index contributed by atoms with van der Waals surface area (Å²) in [4.78, 5) is 11.8. The lowest BCUT2D eigenvalue weighted by Gasteiger charge is -2.17. The zero-order valence-electron chi connectivity index (χ0n) is 12.0. The average Bonchev–Trinajstić information content (AvgIpc) is 2.58. The molecule has 1 aliphatic rings. The van der Waals surface area contributed by atoms with E-state index < -0.39 is 0 Å². The number of rotatable bonds is 1. The number of amides is 1. The maximum Gasteiger partial charge on any atom is 0.226 e. The minimum absolute atomic E-state index is 0.0130. The standard InChI is InChI=1S/C17H17FN2O/c1-10-6-7-12(9-14(10)18)13-4-3-5-15-17(13)19-11(2)8-16(21)20-15/h3-7,9,11,19H,8H2,1-2H3,(H,20,21)/t11-/m1/s1. The molecule has 3 rings (SSSR count). The first-order valence-electron chi connectivity index (χ1n) is 7.00. The average molecular weight is 284 g/mol. The molecule has 0 unspecified atom stereocenters. The highest BCUT2D eigenvalue weighted by Crippen LogP contribution is 2.37. The molecule has 0 aliphatic carbocycles. The highest BCUT2D eigenvalue weighted by Gasteiger charge is 2.20. The Morgan fingerprint density at radius 3 is 2.81 bits per heavy atom. The van der Waals surface area contributed by atoms with Gasteiger partial charge in [0.25, 0.3) is 0 Å². The molecule has 0 saturated carbocycles. The van der Waals surface area contributed by atoms with Crippen LogP contribution < -0.4 is 10.6 Å². The van der Waals surface area contributed by atoms with Crippen molar-refractivity contribution >= 4 is 17.3 Å². The zero-order chi connectivity index (χ0) is 15.0. The molecular formula is C17H17FN2O. The van der Waals surface area contributed by atoms with Gasteiger partial charge in [0.05, 0.1) is 11.4 Å². The lowest BCUT2D eigenvalue weighted by Crippen LogP contribution is -2.19. The molecule has 0 bridgehead atoms. The summed E-state index contributed by atoms with van der Waals surface area (Å²) in [7, 11) is 0. The molecule has 0 aromatic heterocycles. The van der Waals surface area contributed by atoms with Crippen LogP contribution in [0, 0.1) is 12.7 Å². The predicted octanol–water partition coefficient (Wildman–Crippen LogP) is 3.94. The maximum atomic E-state index is 13.8. The normalized spacial score (nSPS) is 17.5. The smallest absolute Gasteiger partial charge is 0.226 e. The van der Waals surface area contributed by atoms with Crippen LogP contribution in [0.5, 0.6) is 0 Å². The van der Waals surface area contributed by atoms with Gasteiger partial charge in [-0.2, -0.15) is 0 Å². The van der Waals surface area contributed by atoms with Gasteiger partial charge in [-0.15, -0.1) is 0 Å². The largest absolute Gasteiger partial charge is 0.380 e. The van der Waals surface area contributed by atoms with Gasteiger partial charge >= 0.3 is 0 Å². The van der Waals surface area contributed by atoms with Crippen LogP contribution in [0.2, 0.25) is 0 Å². The summed E-state index contributed by atoms with van der Waals surface area (Å²) in [6.07, 6.45) is 0.413. The second-order valence-corrected chi connectivity index (χ2v) is 5.49. The maximum absolute atomic E-state index is 13.8. The van der Waals surface area contributed by atoms with Crippen molar-refractivity contribution in [1.29, 1.82) is 0 Å². The number of halogens is 1. The molecule has 0 saturated heterocycles. The molecule has 1 atom stereocenters. The number of hydrogen-bond donors (Lipinski definition) is 2. The van der Waals surface area contributed by atoms with E-state index in [9.17, 15) is 9.18 Å². The number of nitrogens with one attached hydrogen (secondary N) is 2. The number of carbonyl (C=O) groups excluding carboxylic acids is 1. The topological polar surface area (TPSA) is 41.1 Å². The molecule has 1 heterocycles. The molecule has 0 spiro atoms. The summed E-state index contributed by atoms with van der Waals surface area (Å²) < 4.78 is 13.8. The fraction of sp³-hybridized carbons (Fsp3) is 0.235. The first-order valence-corrected chi connectivity index (χ1v) is 7.00. The molecule has 21 heavy (non-hydrogen) atoms. The SMILES string of the molecule is Cc1ccc(-c2cccc3c2N[C@H](C)CC(=O)N3)cc1F. The van der Waals surface area contributed by atoms with E-state index in [1.54, 1.807) is 13.0 Å². The Hall–Kier alpha value is -2.36. The van der Waals surface area contributed by atoms with Crippen molar-refractivity contribution in [2.24, 2.45) is 0 Å². The van der Waals surface area contributed by atoms with Crippen molar-refractivity contribution in [3.05, 3.63) is 47.8 Å². The van der Waals surface area contributed by atoms with E-state index in [4.69, 9.17) is 0 Å². The summed E-state index contributed by atoms with van der Waals surface area (Å²) in [5, 5.41) is 6.24. The lowest BCUT2D eigenvalue weighted by molar-refractivity contribution is -0.116. The van der Waals surface area contributed by atoms with Crippen LogP contribution in [-0.4, -0.2) is 11.9 Å². The Kier molecular flexibility index (Phi) is 3.37. The van der Waals surface area contributed by atoms with Gasteiger partial charge in [-0.3, -0.25) is 4.79 Å². The van der Waals surface area contributed by atoms with Gasteiger partial charge in [0, 0.05) is 18.0 Å². The van der Waals surface area contributed by atoms with Gasteiger partial charge in [-0.25, -0.2) is 4.39 Å². The molecule has 2 N–H and O–H groups in total. The fourth-order valence-corrected chi connectivity index (χ4v) is 2.59. The highest BCUT2D eigenvalue weighted by atomic mass is 19.1. The first kappa shape index (κ1) is 13.6. The molecule has 4 heteroatoms. The first-order chi connectivity index (χ1) is 10.0. The molecule has 0 fully saturated rings. The van der Waals surface area contributed by atoms with Gasteiger partial charge in [0.2, 0.25) is 5.91 Å². The Bertz CT molecular complexity index is 712. The second-order valence-electron chi connectivity index (χ2n) is 5.49. The van der Waals surface area contributed by atoms with E-state index in [-0.39, 0.29) is 17.8 Å². The minimum Gasteiger partial charge on any atom is -0.380 e. The summed E-state index contributed by atoms with van der Waals surface area (Å²) in [6, 6.07) is 10.9. The minimum atomic E-state index is -0.226. The van der Waals surface area contributed by atoms with Crippen molar-refractivity contribution in [2.75, 3.05) is 10.6 Å². The van der Waals surface area contributed by atoms with Crippen LogP contribution in [0.3, 0.4) is 0 Å². The molecule has 0 radical (unpaired) electrons. The fourth-order valence-electron chi connectivity index (χ4n) is 2.59. The summed E-state index contributed by atoms with van der Waals surface area (Å²) in [6.45, 7) is 3.70. The van der Waals surface area contributed by atoms with E-state index in [2.05, 4.69) is 10.6 Å². The van der Waals surface area contributed by atoms with Crippen molar-refractivity contribution in [1.82, 2.24) is 0 Å². The quantitative estimate of drug-likeness (QED) is 0.832. The summed E-state index contributed by atoms with van der Waals surface area (Å²) in [5.41, 5.74) is 3.89. The van der Waals surface area contributed by atoms with Gasteiger partial charge in [0.15, 0.2) is 0 Å². The third-order valence-electron chi connectivity index (χ3n) is 3.70. The molecule has 2 aromatic rings. The van der Waals surface area contributed by atoms with E-state index in [1.165, 1.54) is 6.07 Å². The van der Waals surface area contributed by atoms with Crippen LogP contribution in [0.4, 0.5) is 15.8 Å². The monoisotopic (exact) mass is 284 g/mol. The molecular weight excluding hydrogens is 267 g/mol. The predicted molar refractivity (Wildman–Crippen MR) is 82.9 cm³/mol. The second kappa shape index (κ2) is 5.20. The van der Waals surface area contributed by atoms with Gasteiger partial charge in [0.1, 0.15) is 5.82 Å². The van der Waals surface area contributed by atoms with E-state index in [0.717, 1.165) is 22.5 Å². The van der Waals surface area contributed by atoms with E-state index >= 15 is 0 Å². The molecule has 108 valence electrons. The Labute approximate surface area is 123 Å². The Balaban J connectivity index is 2.14. The number of para-hydroxylation sites is 1.